The molecule has 0 radical (unpaired) electrons. The number of nitrogens with zero attached hydrogens (tertiary/aromatic N) is 1. The molecule has 0 fully saturated rings. The molecule has 4 heteroatoms. The molecule has 96 valence electrons. The van der Waals surface area contributed by atoms with Gasteiger partial charge in [-0.15, -0.1) is 11.8 Å². The molecule has 0 saturated carbocycles. The van der Waals surface area contributed by atoms with Crippen molar-refractivity contribution in [3.05, 3.63) is 12.1 Å². The van der Waals surface area contributed by atoms with E-state index in [0.717, 1.165) is 22.0 Å². The number of hydrogen-bond acceptors (Lipinski definition) is 4. The highest BCUT2D eigenvalue weighted by Crippen LogP contribution is 2.36. The van der Waals surface area contributed by atoms with Crippen LogP contribution in [-0.2, 0) is 0 Å². The van der Waals surface area contributed by atoms with Crippen molar-refractivity contribution in [2.45, 2.75) is 44.7 Å². The average molecular weight is 253 g/mol. The molecule has 0 aliphatic rings. The first-order chi connectivity index (χ1) is 7.88. The number of thioether (sulfide) groups is 1. The predicted molar refractivity (Wildman–Crippen MR) is 79.8 cm³/mol. The van der Waals surface area contributed by atoms with Crippen LogP contribution in [-0.4, -0.2) is 18.3 Å². The van der Waals surface area contributed by atoms with Crippen LogP contribution in [0, 0.1) is 0 Å². The van der Waals surface area contributed by atoms with Gasteiger partial charge in [-0.1, -0.05) is 0 Å². The topological polar surface area (TPSA) is 55.3 Å². The first-order valence-electron chi connectivity index (χ1n) is 5.89. The van der Waals surface area contributed by atoms with E-state index < -0.39 is 0 Å². The Morgan fingerprint density at radius 1 is 1.00 bits per heavy atom. The summed E-state index contributed by atoms with van der Waals surface area (Å²) in [5, 5.41) is 0. The van der Waals surface area contributed by atoms with Gasteiger partial charge in [-0.05, 0) is 46.1 Å². The number of rotatable bonds is 4. The van der Waals surface area contributed by atoms with Crippen LogP contribution in [0.15, 0.2) is 17.0 Å². The molecule has 0 atom stereocenters. The molecule has 17 heavy (non-hydrogen) atoms. The van der Waals surface area contributed by atoms with Gasteiger partial charge in [-0.2, -0.15) is 0 Å². The molecule has 0 heterocycles. The molecule has 4 N–H and O–H groups in total. The largest absolute Gasteiger partial charge is 0.397 e. The third-order valence-corrected chi connectivity index (χ3v) is 3.46. The van der Waals surface area contributed by atoms with Crippen LogP contribution < -0.4 is 16.4 Å². The molecule has 1 aromatic carbocycles. The second-order valence-corrected chi connectivity index (χ2v) is 5.63. The van der Waals surface area contributed by atoms with Gasteiger partial charge in [-0.25, -0.2) is 0 Å². The zero-order valence-electron chi connectivity index (χ0n) is 11.3. The molecule has 0 amide bonds. The second-order valence-electron chi connectivity index (χ2n) is 4.75. The maximum Gasteiger partial charge on any atom is 0.0838 e. The van der Waals surface area contributed by atoms with Crippen molar-refractivity contribution >= 4 is 28.8 Å². The molecule has 3 nitrogen and oxygen atoms in total. The van der Waals surface area contributed by atoms with E-state index in [1.165, 1.54) is 0 Å². The number of hydrogen-bond donors (Lipinski definition) is 2. The van der Waals surface area contributed by atoms with Crippen molar-refractivity contribution < 1.29 is 0 Å². The van der Waals surface area contributed by atoms with E-state index in [0.29, 0.717) is 12.1 Å². The third-order valence-electron chi connectivity index (χ3n) is 2.75. The van der Waals surface area contributed by atoms with Crippen LogP contribution in [0.3, 0.4) is 0 Å². The van der Waals surface area contributed by atoms with Crippen molar-refractivity contribution in [3.63, 3.8) is 0 Å². The van der Waals surface area contributed by atoms with Gasteiger partial charge in [0.25, 0.3) is 0 Å². The Balaban J connectivity index is 3.29. The zero-order chi connectivity index (χ0) is 13.2. The fraction of sp³-hybridized carbons (Fsp3) is 0.538. The third kappa shape index (κ3) is 3.00. The molecular weight excluding hydrogens is 230 g/mol. The number of anilines is 3. The fourth-order valence-electron chi connectivity index (χ4n) is 2.18. The van der Waals surface area contributed by atoms with Gasteiger partial charge in [0.15, 0.2) is 0 Å². The normalized spacial score (nSPS) is 11.2. The second kappa shape index (κ2) is 5.54. The van der Waals surface area contributed by atoms with E-state index in [1.54, 1.807) is 11.8 Å². The van der Waals surface area contributed by atoms with Crippen LogP contribution in [0.1, 0.15) is 27.7 Å². The highest BCUT2D eigenvalue weighted by molar-refractivity contribution is 7.98. The first-order valence-corrected chi connectivity index (χ1v) is 7.12. The van der Waals surface area contributed by atoms with Crippen molar-refractivity contribution in [1.29, 1.82) is 0 Å². The Morgan fingerprint density at radius 3 is 1.71 bits per heavy atom. The molecule has 0 saturated heterocycles. The molecule has 0 bridgehead atoms. The molecule has 0 spiro atoms. The van der Waals surface area contributed by atoms with E-state index in [1.807, 2.05) is 18.4 Å². The lowest BCUT2D eigenvalue weighted by atomic mass is 10.1. The van der Waals surface area contributed by atoms with Crippen LogP contribution in [0.4, 0.5) is 17.1 Å². The van der Waals surface area contributed by atoms with Crippen molar-refractivity contribution in [1.82, 2.24) is 0 Å². The number of nitrogen functional groups attached to an aromatic ring is 2. The Kier molecular flexibility index (Phi) is 4.57. The molecule has 1 aromatic rings. The van der Waals surface area contributed by atoms with E-state index in [4.69, 9.17) is 11.5 Å². The monoisotopic (exact) mass is 253 g/mol. The van der Waals surface area contributed by atoms with Gasteiger partial charge in [0, 0.05) is 17.0 Å². The minimum atomic E-state index is 0.375. The Hall–Kier alpha value is -1.03. The van der Waals surface area contributed by atoms with Gasteiger partial charge >= 0.3 is 0 Å². The summed E-state index contributed by atoms with van der Waals surface area (Å²) < 4.78 is 0. The van der Waals surface area contributed by atoms with Gasteiger partial charge in [0.2, 0.25) is 0 Å². The lowest BCUT2D eigenvalue weighted by molar-refractivity contribution is 0.609. The standard InChI is InChI=1S/C13H23N3S/c1-8(2)16(9(3)4)13-11(14)6-10(17-5)7-12(13)15/h6-9H,14-15H2,1-5H3. The van der Waals surface area contributed by atoms with Gasteiger partial charge < -0.3 is 16.4 Å². The lowest BCUT2D eigenvalue weighted by Gasteiger charge is -2.35. The van der Waals surface area contributed by atoms with Gasteiger partial charge in [0.1, 0.15) is 0 Å². The maximum atomic E-state index is 6.14. The molecule has 1 rings (SSSR count). The molecule has 0 aliphatic heterocycles. The fourth-order valence-corrected chi connectivity index (χ4v) is 2.67. The summed E-state index contributed by atoms with van der Waals surface area (Å²) >= 11 is 1.66. The summed E-state index contributed by atoms with van der Waals surface area (Å²) in [6.07, 6.45) is 2.02. The minimum Gasteiger partial charge on any atom is -0.397 e. The Morgan fingerprint density at radius 2 is 1.41 bits per heavy atom. The van der Waals surface area contributed by atoms with E-state index in [9.17, 15) is 0 Å². The minimum absolute atomic E-state index is 0.375. The van der Waals surface area contributed by atoms with Gasteiger partial charge in [-0.3, -0.25) is 0 Å². The summed E-state index contributed by atoms with van der Waals surface area (Å²) in [7, 11) is 0. The highest BCUT2D eigenvalue weighted by atomic mass is 32.2. The van der Waals surface area contributed by atoms with Crippen molar-refractivity contribution in [3.8, 4) is 0 Å². The molecule has 0 aliphatic carbocycles. The van der Waals surface area contributed by atoms with E-state index >= 15 is 0 Å². The van der Waals surface area contributed by atoms with Gasteiger partial charge in [0.05, 0.1) is 17.1 Å². The molecule has 0 unspecified atom stereocenters. The zero-order valence-corrected chi connectivity index (χ0v) is 12.1. The average Bonchev–Trinajstić information content (AvgIpc) is 2.21. The summed E-state index contributed by atoms with van der Waals surface area (Å²) in [5.74, 6) is 0. The highest BCUT2D eigenvalue weighted by Gasteiger charge is 2.19. The Labute approximate surface area is 109 Å². The number of nitrogens with two attached hydrogens (primary N) is 2. The van der Waals surface area contributed by atoms with E-state index in [2.05, 4.69) is 32.6 Å². The quantitative estimate of drug-likeness (QED) is 0.639. The maximum absolute atomic E-state index is 6.14. The van der Waals surface area contributed by atoms with Crippen LogP contribution in [0.25, 0.3) is 0 Å². The summed E-state index contributed by atoms with van der Waals surface area (Å²) in [5.41, 5.74) is 14.8. The SMILES string of the molecule is CSc1cc(N)c(N(C(C)C)C(C)C)c(N)c1. The smallest absolute Gasteiger partial charge is 0.0838 e. The Bertz CT molecular complexity index is 357. The lowest BCUT2D eigenvalue weighted by Crippen LogP contribution is -2.38. The molecular formula is C13H23N3S. The molecule has 0 aromatic heterocycles. The van der Waals surface area contributed by atoms with Crippen LogP contribution >= 0.6 is 11.8 Å². The van der Waals surface area contributed by atoms with Crippen molar-refractivity contribution in [2.24, 2.45) is 0 Å². The van der Waals surface area contributed by atoms with E-state index in [-0.39, 0.29) is 0 Å². The van der Waals surface area contributed by atoms with Crippen LogP contribution in [0.5, 0.6) is 0 Å². The van der Waals surface area contributed by atoms with Crippen molar-refractivity contribution in [2.75, 3.05) is 22.6 Å². The first kappa shape index (κ1) is 14.0. The summed E-state index contributed by atoms with van der Waals surface area (Å²) in [6, 6.07) is 4.74. The summed E-state index contributed by atoms with van der Waals surface area (Å²) in [4.78, 5) is 3.37. The number of benzene rings is 1. The van der Waals surface area contributed by atoms with Crippen LogP contribution in [0.2, 0.25) is 0 Å². The predicted octanol–water partition coefficient (Wildman–Crippen LogP) is 3.20. The summed E-state index contributed by atoms with van der Waals surface area (Å²) in [6.45, 7) is 8.62.